The number of hydrogen-bond donors (Lipinski definition) is 2. The molecule has 0 aliphatic heterocycles. The zero-order valence-electron chi connectivity index (χ0n) is 16.4. The van der Waals surface area contributed by atoms with Gasteiger partial charge in [-0.05, 0) is 23.8 Å². The van der Waals surface area contributed by atoms with E-state index < -0.39 is 30.2 Å². The summed E-state index contributed by atoms with van der Waals surface area (Å²) in [5.41, 5.74) is -0.318. The minimum Gasteiger partial charge on any atom is -0.493 e. The van der Waals surface area contributed by atoms with E-state index in [1.54, 1.807) is 18.2 Å². The molecule has 0 bridgehead atoms. The van der Waals surface area contributed by atoms with Crippen LogP contribution in [0.5, 0.6) is 11.5 Å². The molecule has 2 N–H and O–H groups in total. The van der Waals surface area contributed by atoms with Crippen molar-refractivity contribution in [2.24, 2.45) is 0 Å². The van der Waals surface area contributed by atoms with E-state index in [2.05, 4.69) is 10.3 Å². The lowest BCUT2D eigenvalue weighted by Gasteiger charge is -2.20. The zero-order chi connectivity index (χ0) is 22.3. The fraction of sp³-hybridized carbons (Fsp3) is 0.278. The standard InChI is InChI=1S/C18H20N4O8/c1-11(23)22(9-16(24)25)21-7-6-15(19-17(21)26)20-18(27)30-10-12-4-5-13(28-2)14(8-12)29-3/h4-8H,9-10H2,1-3H3,(H,24,25)(H,19,20,26,27). The van der Waals surface area contributed by atoms with Crippen LogP contribution in [0.25, 0.3) is 0 Å². The third-order valence-corrected chi connectivity index (χ3v) is 3.74. The first-order chi connectivity index (χ1) is 14.2. The molecule has 1 aromatic carbocycles. The minimum atomic E-state index is -1.31. The van der Waals surface area contributed by atoms with Crippen molar-refractivity contribution in [3.05, 3.63) is 46.5 Å². The number of nitrogens with zero attached hydrogens (tertiary/aromatic N) is 3. The number of aromatic nitrogens is 2. The van der Waals surface area contributed by atoms with Gasteiger partial charge in [-0.3, -0.25) is 14.9 Å². The second-order valence-corrected chi connectivity index (χ2v) is 5.80. The number of hydrogen-bond acceptors (Lipinski definition) is 8. The zero-order valence-corrected chi connectivity index (χ0v) is 16.4. The van der Waals surface area contributed by atoms with Crippen LogP contribution >= 0.6 is 0 Å². The molecule has 2 aromatic rings. The Hall–Kier alpha value is -4.09. The van der Waals surface area contributed by atoms with E-state index in [9.17, 15) is 19.2 Å². The molecule has 1 aromatic heterocycles. The molecule has 0 radical (unpaired) electrons. The molecule has 0 spiro atoms. The summed E-state index contributed by atoms with van der Waals surface area (Å²) >= 11 is 0. The van der Waals surface area contributed by atoms with Crippen LogP contribution in [0.15, 0.2) is 35.3 Å². The van der Waals surface area contributed by atoms with E-state index in [1.807, 2.05) is 0 Å². The van der Waals surface area contributed by atoms with Crippen LogP contribution in [0.2, 0.25) is 0 Å². The van der Waals surface area contributed by atoms with E-state index in [0.29, 0.717) is 22.1 Å². The number of methoxy groups -OCH3 is 2. The maximum Gasteiger partial charge on any atom is 0.413 e. The highest BCUT2D eigenvalue weighted by atomic mass is 16.5. The molecular weight excluding hydrogens is 400 g/mol. The molecule has 2 rings (SSSR count). The van der Waals surface area contributed by atoms with Crippen LogP contribution in [0, 0.1) is 0 Å². The molecule has 0 saturated carbocycles. The Kier molecular flexibility index (Phi) is 7.33. The number of ether oxygens (including phenoxy) is 3. The smallest absolute Gasteiger partial charge is 0.413 e. The predicted octanol–water partition coefficient (Wildman–Crippen LogP) is 0.578. The Morgan fingerprint density at radius 1 is 1.17 bits per heavy atom. The normalized spacial score (nSPS) is 10.1. The van der Waals surface area contributed by atoms with Crippen molar-refractivity contribution in [1.82, 2.24) is 9.66 Å². The van der Waals surface area contributed by atoms with Crippen LogP contribution in [-0.2, 0) is 20.9 Å². The minimum absolute atomic E-state index is 0.0834. The van der Waals surface area contributed by atoms with Gasteiger partial charge < -0.3 is 19.3 Å². The first kappa shape index (κ1) is 22.2. The predicted molar refractivity (Wildman–Crippen MR) is 103 cm³/mol. The maximum atomic E-state index is 12.1. The van der Waals surface area contributed by atoms with E-state index in [4.69, 9.17) is 19.3 Å². The van der Waals surface area contributed by atoms with Gasteiger partial charge in [-0.15, -0.1) is 0 Å². The van der Waals surface area contributed by atoms with Crippen molar-refractivity contribution in [3.63, 3.8) is 0 Å². The summed E-state index contributed by atoms with van der Waals surface area (Å²) < 4.78 is 16.1. The van der Waals surface area contributed by atoms with Gasteiger partial charge >= 0.3 is 17.8 Å². The molecule has 0 aliphatic carbocycles. The Morgan fingerprint density at radius 2 is 1.87 bits per heavy atom. The van der Waals surface area contributed by atoms with Crippen LogP contribution < -0.4 is 25.5 Å². The van der Waals surface area contributed by atoms with Crippen LogP contribution in [-0.4, -0.2) is 53.5 Å². The maximum absolute atomic E-state index is 12.1. The largest absolute Gasteiger partial charge is 0.493 e. The average molecular weight is 420 g/mol. The number of carbonyl (C=O) groups is 3. The second kappa shape index (κ2) is 9.91. The molecule has 0 atom stereocenters. The molecule has 30 heavy (non-hydrogen) atoms. The topological polar surface area (TPSA) is 149 Å². The van der Waals surface area contributed by atoms with E-state index >= 15 is 0 Å². The molecule has 0 aliphatic rings. The van der Waals surface area contributed by atoms with Crippen LogP contribution in [0.3, 0.4) is 0 Å². The molecule has 0 unspecified atom stereocenters. The summed E-state index contributed by atoms with van der Waals surface area (Å²) in [7, 11) is 2.98. The number of anilines is 1. The summed E-state index contributed by atoms with van der Waals surface area (Å²) in [4.78, 5) is 50.1. The molecule has 2 amide bonds. The lowest BCUT2D eigenvalue weighted by Crippen LogP contribution is -2.48. The number of benzene rings is 1. The third-order valence-electron chi connectivity index (χ3n) is 3.74. The Labute approximate surface area is 170 Å². The molecule has 0 saturated heterocycles. The molecule has 0 fully saturated rings. The quantitative estimate of drug-likeness (QED) is 0.625. The first-order valence-electron chi connectivity index (χ1n) is 8.49. The highest BCUT2D eigenvalue weighted by Gasteiger charge is 2.17. The fourth-order valence-electron chi connectivity index (χ4n) is 2.38. The van der Waals surface area contributed by atoms with Gasteiger partial charge in [-0.1, -0.05) is 6.07 Å². The summed E-state index contributed by atoms with van der Waals surface area (Å²) in [5, 5.41) is 11.8. The Balaban J connectivity index is 2.03. The summed E-state index contributed by atoms with van der Waals surface area (Å²) in [5.74, 6) is -1.11. The van der Waals surface area contributed by atoms with Gasteiger partial charge in [0, 0.05) is 13.1 Å². The van der Waals surface area contributed by atoms with Gasteiger partial charge in [0.05, 0.1) is 14.2 Å². The molecule has 1 heterocycles. The number of carboxylic acid groups (broad SMARTS) is 1. The number of carbonyl (C=O) groups excluding carboxylic acids is 2. The van der Waals surface area contributed by atoms with E-state index in [-0.39, 0.29) is 12.4 Å². The van der Waals surface area contributed by atoms with Crippen molar-refractivity contribution in [2.45, 2.75) is 13.5 Å². The summed E-state index contributed by atoms with van der Waals surface area (Å²) in [6.07, 6.45) is 0.243. The monoisotopic (exact) mass is 420 g/mol. The van der Waals surface area contributed by atoms with Crippen molar-refractivity contribution >= 4 is 23.8 Å². The summed E-state index contributed by atoms with van der Waals surface area (Å²) in [6.45, 7) is 0.296. The fourth-order valence-corrected chi connectivity index (χ4v) is 2.38. The molecule has 160 valence electrons. The van der Waals surface area contributed by atoms with E-state index in [0.717, 1.165) is 17.8 Å². The summed E-state index contributed by atoms with van der Waals surface area (Å²) in [6, 6.07) is 6.21. The van der Waals surface area contributed by atoms with E-state index in [1.165, 1.54) is 20.3 Å². The van der Waals surface area contributed by atoms with Gasteiger partial charge in [0.15, 0.2) is 11.5 Å². The highest BCUT2D eigenvalue weighted by molar-refractivity contribution is 5.89. The number of rotatable bonds is 8. The SMILES string of the molecule is COc1ccc(COC(=O)Nc2ccn(N(CC(=O)O)C(C)=O)c(=O)n2)cc1OC. The number of nitrogens with one attached hydrogen (secondary N) is 1. The van der Waals surface area contributed by atoms with Gasteiger partial charge in [0.25, 0.3) is 0 Å². The lowest BCUT2D eigenvalue weighted by atomic mass is 10.2. The van der Waals surface area contributed by atoms with Crippen molar-refractivity contribution < 1.29 is 33.7 Å². The Morgan fingerprint density at radius 3 is 2.43 bits per heavy atom. The second-order valence-electron chi connectivity index (χ2n) is 5.80. The molecular formula is C18H20N4O8. The van der Waals surface area contributed by atoms with Gasteiger partial charge in [0.2, 0.25) is 5.91 Å². The van der Waals surface area contributed by atoms with Gasteiger partial charge in [-0.25, -0.2) is 19.3 Å². The lowest BCUT2D eigenvalue weighted by molar-refractivity contribution is -0.137. The Bertz CT molecular complexity index is 1000. The number of carboxylic acids is 1. The highest BCUT2D eigenvalue weighted by Crippen LogP contribution is 2.27. The number of amides is 2. The first-order valence-corrected chi connectivity index (χ1v) is 8.49. The molecule has 12 heteroatoms. The van der Waals surface area contributed by atoms with Crippen molar-refractivity contribution in [1.29, 1.82) is 0 Å². The van der Waals surface area contributed by atoms with Gasteiger partial charge in [-0.2, -0.15) is 4.98 Å². The van der Waals surface area contributed by atoms with Crippen molar-refractivity contribution in [3.8, 4) is 11.5 Å². The number of aliphatic carboxylic acids is 1. The van der Waals surface area contributed by atoms with Gasteiger partial charge in [0.1, 0.15) is 19.0 Å². The van der Waals surface area contributed by atoms with Crippen LogP contribution in [0.1, 0.15) is 12.5 Å². The average Bonchev–Trinajstić information content (AvgIpc) is 2.70. The van der Waals surface area contributed by atoms with Crippen molar-refractivity contribution in [2.75, 3.05) is 31.1 Å². The third kappa shape index (κ3) is 5.70. The van der Waals surface area contributed by atoms with Crippen LogP contribution in [0.4, 0.5) is 10.6 Å². The molecule has 12 nitrogen and oxygen atoms in total.